The van der Waals surface area contributed by atoms with Gasteiger partial charge in [0.25, 0.3) is 0 Å². The first kappa shape index (κ1) is 16.5. The van der Waals surface area contributed by atoms with E-state index >= 15 is 0 Å². The van der Waals surface area contributed by atoms with E-state index in [0.717, 1.165) is 26.2 Å². The number of benzene rings is 1. The highest BCUT2D eigenvalue weighted by Gasteiger charge is 2.33. The van der Waals surface area contributed by atoms with Crippen LogP contribution in [0.15, 0.2) is 24.3 Å². The van der Waals surface area contributed by atoms with Crippen molar-refractivity contribution >= 4 is 0 Å². The Morgan fingerprint density at radius 2 is 1.81 bits per heavy atom. The molecule has 1 aromatic carbocycles. The molecule has 0 saturated heterocycles. The first-order valence-corrected chi connectivity index (χ1v) is 8.59. The predicted molar refractivity (Wildman–Crippen MR) is 91.3 cm³/mol. The summed E-state index contributed by atoms with van der Waals surface area (Å²) in [5, 5.41) is 3.82. The lowest BCUT2D eigenvalue weighted by atomic mass is 9.87. The molecular formula is C19H32N2. The molecule has 2 nitrogen and oxygen atoms in total. The summed E-state index contributed by atoms with van der Waals surface area (Å²) in [4.78, 5) is 2.48. The molecule has 2 rings (SSSR count). The van der Waals surface area contributed by atoms with Gasteiger partial charge >= 0.3 is 0 Å². The minimum atomic E-state index is 0.452. The first-order valence-electron chi connectivity index (χ1n) is 8.59. The molecule has 1 aliphatic carbocycles. The number of hydrogen-bond acceptors (Lipinski definition) is 2. The second-order valence-electron chi connectivity index (χ2n) is 7.04. The van der Waals surface area contributed by atoms with E-state index in [1.54, 1.807) is 0 Å². The van der Waals surface area contributed by atoms with Gasteiger partial charge in [-0.1, -0.05) is 58.4 Å². The quantitative estimate of drug-likeness (QED) is 0.809. The summed E-state index contributed by atoms with van der Waals surface area (Å²) < 4.78 is 0. The van der Waals surface area contributed by atoms with Gasteiger partial charge < -0.3 is 5.32 Å². The van der Waals surface area contributed by atoms with Crippen LogP contribution in [0.4, 0.5) is 0 Å². The van der Waals surface area contributed by atoms with Gasteiger partial charge in [0, 0.05) is 19.1 Å². The monoisotopic (exact) mass is 288 g/mol. The van der Waals surface area contributed by atoms with Crippen molar-refractivity contribution in [3.8, 4) is 0 Å². The van der Waals surface area contributed by atoms with E-state index < -0.39 is 0 Å². The molecule has 1 atom stereocenters. The third-order valence-electron chi connectivity index (χ3n) is 5.20. The van der Waals surface area contributed by atoms with Crippen LogP contribution >= 0.6 is 0 Å². The van der Waals surface area contributed by atoms with Crippen LogP contribution in [0.1, 0.15) is 58.1 Å². The second kappa shape index (κ2) is 7.42. The highest BCUT2D eigenvalue weighted by Crippen LogP contribution is 2.37. The van der Waals surface area contributed by atoms with Crippen LogP contribution in [0.2, 0.25) is 0 Å². The van der Waals surface area contributed by atoms with Crippen molar-refractivity contribution in [1.82, 2.24) is 10.2 Å². The molecule has 0 radical (unpaired) electrons. The molecule has 1 N–H and O–H groups in total. The Kier molecular flexibility index (Phi) is 5.83. The summed E-state index contributed by atoms with van der Waals surface area (Å²) in [6.45, 7) is 13.6. The Bertz CT molecular complexity index is 435. The molecule has 0 aromatic heterocycles. The zero-order chi connectivity index (χ0) is 15.3. The highest BCUT2D eigenvalue weighted by atomic mass is 15.1. The van der Waals surface area contributed by atoms with E-state index in [2.05, 4.69) is 62.2 Å². The normalized spacial score (nSPS) is 21.1. The average Bonchev–Trinajstić information content (AvgIpc) is 2.82. The third-order valence-corrected chi connectivity index (χ3v) is 5.20. The molecule has 0 heterocycles. The molecule has 1 aliphatic rings. The Morgan fingerprint density at radius 3 is 2.38 bits per heavy atom. The van der Waals surface area contributed by atoms with E-state index in [-0.39, 0.29) is 0 Å². The lowest BCUT2D eigenvalue weighted by Crippen LogP contribution is -2.37. The second-order valence-corrected chi connectivity index (χ2v) is 7.04. The third kappa shape index (κ3) is 4.31. The molecule has 118 valence electrons. The highest BCUT2D eigenvalue weighted by molar-refractivity contribution is 5.27. The number of nitrogens with zero attached hydrogens (tertiary/aromatic N) is 1. The summed E-state index contributed by atoms with van der Waals surface area (Å²) >= 11 is 0. The van der Waals surface area contributed by atoms with Crippen molar-refractivity contribution in [3.63, 3.8) is 0 Å². The molecular weight excluding hydrogens is 256 g/mol. The Hall–Kier alpha value is -0.860. The maximum atomic E-state index is 3.82. The van der Waals surface area contributed by atoms with Crippen molar-refractivity contribution in [1.29, 1.82) is 0 Å². The Labute approximate surface area is 130 Å². The molecule has 0 bridgehead atoms. The van der Waals surface area contributed by atoms with E-state index in [1.165, 1.54) is 30.4 Å². The van der Waals surface area contributed by atoms with E-state index in [4.69, 9.17) is 0 Å². The number of hydrogen-bond donors (Lipinski definition) is 1. The average molecular weight is 288 g/mol. The lowest BCUT2D eigenvalue weighted by molar-refractivity contribution is 0.279. The first-order chi connectivity index (χ1) is 10.1. The van der Waals surface area contributed by atoms with Crippen LogP contribution in [0, 0.1) is 5.41 Å². The molecule has 1 aromatic rings. The largest absolute Gasteiger partial charge is 0.309 e. The van der Waals surface area contributed by atoms with Gasteiger partial charge in [-0.05, 0) is 42.5 Å². The van der Waals surface area contributed by atoms with Crippen LogP contribution in [-0.2, 0) is 13.1 Å². The smallest absolute Gasteiger partial charge is 0.0236 e. The van der Waals surface area contributed by atoms with Gasteiger partial charge in [-0.2, -0.15) is 0 Å². The lowest BCUT2D eigenvalue weighted by Gasteiger charge is -2.28. The molecule has 1 fully saturated rings. The van der Waals surface area contributed by atoms with Crippen LogP contribution in [0.25, 0.3) is 0 Å². The Balaban J connectivity index is 2.00. The van der Waals surface area contributed by atoms with Crippen LogP contribution in [0.5, 0.6) is 0 Å². The van der Waals surface area contributed by atoms with Crippen LogP contribution in [0.3, 0.4) is 0 Å². The maximum absolute atomic E-state index is 3.82. The zero-order valence-corrected chi connectivity index (χ0v) is 14.3. The molecule has 0 amide bonds. The fraction of sp³-hybridized carbons (Fsp3) is 0.684. The summed E-state index contributed by atoms with van der Waals surface area (Å²) in [6, 6.07) is 9.58. The van der Waals surface area contributed by atoms with Gasteiger partial charge in [0.1, 0.15) is 0 Å². The van der Waals surface area contributed by atoms with Crippen LogP contribution in [-0.4, -0.2) is 24.0 Å². The summed E-state index contributed by atoms with van der Waals surface area (Å²) in [7, 11) is 0. The topological polar surface area (TPSA) is 15.3 Å². The molecule has 2 heteroatoms. The van der Waals surface area contributed by atoms with Gasteiger partial charge in [0.2, 0.25) is 0 Å². The standard InChI is InChI=1S/C19H32N2/c1-5-21(6-2)15-17-11-8-7-10-16(17)14-20-18-12-9-13-19(18,3)4/h7-8,10-11,18,20H,5-6,9,12-15H2,1-4H3. The molecule has 21 heavy (non-hydrogen) atoms. The van der Waals surface area contributed by atoms with E-state index in [0.29, 0.717) is 11.5 Å². The fourth-order valence-corrected chi connectivity index (χ4v) is 3.51. The number of rotatable bonds is 7. The van der Waals surface area contributed by atoms with Crippen LogP contribution < -0.4 is 5.32 Å². The molecule has 0 aliphatic heterocycles. The van der Waals surface area contributed by atoms with E-state index in [1.807, 2.05) is 0 Å². The van der Waals surface area contributed by atoms with Crippen molar-refractivity contribution in [2.45, 2.75) is 66.1 Å². The summed E-state index contributed by atoms with van der Waals surface area (Å²) in [5.41, 5.74) is 3.39. The Morgan fingerprint density at radius 1 is 1.14 bits per heavy atom. The summed E-state index contributed by atoms with van der Waals surface area (Å²) in [6.07, 6.45) is 4.04. The van der Waals surface area contributed by atoms with Crippen molar-refractivity contribution in [3.05, 3.63) is 35.4 Å². The molecule has 1 saturated carbocycles. The van der Waals surface area contributed by atoms with E-state index in [9.17, 15) is 0 Å². The van der Waals surface area contributed by atoms with Crippen molar-refractivity contribution in [2.24, 2.45) is 5.41 Å². The minimum Gasteiger partial charge on any atom is -0.309 e. The minimum absolute atomic E-state index is 0.452. The van der Waals surface area contributed by atoms with Gasteiger partial charge in [-0.15, -0.1) is 0 Å². The SMILES string of the molecule is CCN(CC)Cc1ccccc1CNC1CCCC1(C)C. The van der Waals surface area contributed by atoms with Gasteiger partial charge in [0.05, 0.1) is 0 Å². The molecule has 0 spiro atoms. The number of nitrogens with one attached hydrogen (secondary N) is 1. The predicted octanol–water partition coefficient (Wildman–Crippen LogP) is 4.20. The summed E-state index contributed by atoms with van der Waals surface area (Å²) in [5.74, 6) is 0. The van der Waals surface area contributed by atoms with Gasteiger partial charge in [-0.25, -0.2) is 0 Å². The van der Waals surface area contributed by atoms with Gasteiger partial charge in [0.15, 0.2) is 0 Å². The van der Waals surface area contributed by atoms with Gasteiger partial charge in [-0.3, -0.25) is 4.90 Å². The van der Waals surface area contributed by atoms with Crippen molar-refractivity contribution < 1.29 is 0 Å². The zero-order valence-electron chi connectivity index (χ0n) is 14.3. The molecule has 1 unspecified atom stereocenters. The fourth-order valence-electron chi connectivity index (χ4n) is 3.51. The maximum Gasteiger partial charge on any atom is 0.0236 e. The van der Waals surface area contributed by atoms with Crippen molar-refractivity contribution in [2.75, 3.05) is 13.1 Å².